The third-order valence-electron chi connectivity index (χ3n) is 5.16. The highest BCUT2D eigenvalue weighted by molar-refractivity contribution is 5.33. The van der Waals surface area contributed by atoms with Crippen LogP contribution in [0.15, 0.2) is 30.5 Å². The van der Waals surface area contributed by atoms with Crippen molar-refractivity contribution in [3.63, 3.8) is 0 Å². The first-order valence-electron chi connectivity index (χ1n) is 9.44. The molecule has 1 aromatic carbocycles. The number of benzene rings is 1. The van der Waals surface area contributed by atoms with E-state index in [1.165, 1.54) is 48.3 Å². The van der Waals surface area contributed by atoms with Crippen LogP contribution in [-0.2, 0) is 0 Å². The smallest absolute Gasteiger partial charge is 0.0217 e. The van der Waals surface area contributed by atoms with Gasteiger partial charge in [-0.05, 0) is 48.8 Å². The molecule has 0 spiro atoms. The molecule has 1 saturated heterocycles. The van der Waals surface area contributed by atoms with Gasteiger partial charge in [0.05, 0.1) is 0 Å². The Labute approximate surface area is 144 Å². The number of nitrogens with zero attached hydrogens (tertiary/aromatic N) is 1. The number of rotatable bonds is 6. The summed E-state index contributed by atoms with van der Waals surface area (Å²) in [5, 5.41) is 0. The maximum atomic E-state index is 4.41. The Hall–Kier alpha value is -1.24. The van der Waals surface area contributed by atoms with E-state index in [0.717, 1.165) is 5.92 Å². The van der Waals surface area contributed by atoms with Crippen LogP contribution in [0, 0.1) is 25.7 Å². The number of likely N-dealkylation sites (tertiary alicyclic amines) is 1. The summed E-state index contributed by atoms with van der Waals surface area (Å²) in [4.78, 5) is 2.47. The van der Waals surface area contributed by atoms with E-state index in [4.69, 9.17) is 0 Å². The zero-order valence-corrected chi connectivity index (χ0v) is 16.4. The lowest BCUT2D eigenvalue weighted by Gasteiger charge is -2.44. The quantitative estimate of drug-likeness (QED) is 0.594. The monoisotopic (exact) mass is 315 g/mol. The van der Waals surface area contributed by atoms with Crippen LogP contribution in [0.25, 0.3) is 0 Å². The van der Waals surface area contributed by atoms with Crippen LogP contribution >= 0.6 is 0 Å². The highest BCUT2D eigenvalue weighted by Gasteiger charge is 2.29. The third-order valence-corrected chi connectivity index (χ3v) is 5.16. The van der Waals surface area contributed by atoms with Gasteiger partial charge < -0.3 is 4.90 Å². The molecule has 1 heterocycles. The zero-order chi connectivity index (χ0) is 17.6. The molecule has 0 aromatic heterocycles. The minimum atomic E-state index is 0.527. The summed E-state index contributed by atoms with van der Waals surface area (Å²) < 4.78 is 0. The largest absolute Gasteiger partial charge is 0.374 e. The van der Waals surface area contributed by atoms with Gasteiger partial charge in [0.2, 0.25) is 0 Å². The number of hydrogen-bond donors (Lipinski definition) is 0. The Kier molecular flexibility index (Phi) is 7.88. The molecule has 0 saturated carbocycles. The second-order valence-electron chi connectivity index (χ2n) is 7.03. The topological polar surface area (TPSA) is 3.24 Å². The van der Waals surface area contributed by atoms with Crippen molar-refractivity contribution >= 4 is 0 Å². The lowest BCUT2D eigenvalue weighted by molar-refractivity contribution is 0.137. The molecule has 0 bridgehead atoms. The van der Waals surface area contributed by atoms with Crippen molar-refractivity contribution in [1.29, 1.82) is 0 Å². The molecule has 0 N–H and O–H groups in total. The first-order valence-corrected chi connectivity index (χ1v) is 9.44. The molecule has 2 atom stereocenters. The van der Waals surface area contributed by atoms with Gasteiger partial charge in [-0.1, -0.05) is 65.8 Å². The second-order valence-corrected chi connectivity index (χ2v) is 7.03. The highest BCUT2D eigenvalue weighted by Crippen LogP contribution is 2.37. The molecule has 1 fully saturated rings. The van der Waals surface area contributed by atoms with E-state index < -0.39 is 0 Å². The Bertz CT molecular complexity index is 497. The number of hydrogen-bond acceptors (Lipinski definition) is 1. The van der Waals surface area contributed by atoms with Crippen molar-refractivity contribution < 1.29 is 0 Å². The van der Waals surface area contributed by atoms with Gasteiger partial charge in [-0.25, -0.2) is 0 Å². The van der Waals surface area contributed by atoms with Crippen molar-refractivity contribution in [3.05, 3.63) is 47.2 Å². The molecule has 130 valence electrons. The van der Waals surface area contributed by atoms with Gasteiger partial charge in [0.1, 0.15) is 0 Å². The molecule has 1 heteroatoms. The van der Waals surface area contributed by atoms with Crippen LogP contribution in [-0.4, -0.2) is 18.0 Å². The van der Waals surface area contributed by atoms with Crippen molar-refractivity contribution in [2.75, 3.05) is 13.1 Å². The predicted octanol–water partition coefficient (Wildman–Crippen LogP) is 6.31. The van der Waals surface area contributed by atoms with Gasteiger partial charge in [0.15, 0.2) is 0 Å². The molecule has 23 heavy (non-hydrogen) atoms. The van der Waals surface area contributed by atoms with E-state index in [-0.39, 0.29) is 0 Å². The van der Waals surface area contributed by atoms with Gasteiger partial charge in [-0.15, -0.1) is 0 Å². The van der Waals surface area contributed by atoms with Gasteiger partial charge in [-0.2, -0.15) is 0 Å². The van der Waals surface area contributed by atoms with Gasteiger partial charge in [0, 0.05) is 24.7 Å². The summed E-state index contributed by atoms with van der Waals surface area (Å²) in [6.45, 7) is 22.2. The average molecular weight is 316 g/mol. The molecular weight excluding hydrogens is 278 g/mol. The molecule has 0 radical (unpaired) electrons. The van der Waals surface area contributed by atoms with E-state index in [9.17, 15) is 0 Å². The van der Waals surface area contributed by atoms with Crippen LogP contribution in [0.2, 0.25) is 0 Å². The van der Waals surface area contributed by atoms with E-state index >= 15 is 0 Å². The molecular formula is C22H37N. The van der Waals surface area contributed by atoms with E-state index in [1.807, 2.05) is 13.8 Å². The summed E-state index contributed by atoms with van der Waals surface area (Å²) in [6.07, 6.45) is 2.47. The lowest BCUT2D eigenvalue weighted by atomic mass is 9.80. The van der Waals surface area contributed by atoms with Crippen LogP contribution in [0.5, 0.6) is 0 Å². The van der Waals surface area contributed by atoms with E-state index in [0.29, 0.717) is 11.8 Å². The fourth-order valence-electron chi connectivity index (χ4n) is 3.47. The zero-order valence-electron chi connectivity index (χ0n) is 16.4. The minimum absolute atomic E-state index is 0.527. The summed E-state index contributed by atoms with van der Waals surface area (Å²) in [5.41, 5.74) is 5.62. The summed E-state index contributed by atoms with van der Waals surface area (Å²) >= 11 is 0. The molecule has 0 amide bonds. The van der Waals surface area contributed by atoms with Crippen LogP contribution in [0.4, 0.5) is 0 Å². The fourth-order valence-corrected chi connectivity index (χ4v) is 3.47. The summed E-state index contributed by atoms with van der Waals surface area (Å²) in [6, 6.07) is 6.98. The normalized spacial score (nSPS) is 16.9. The van der Waals surface area contributed by atoms with Crippen LogP contribution < -0.4 is 0 Å². The van der Waals surface area contributed by atoms with Crippen LogP contribution in [0.1, 0.15) is 70.1 Å². The molecule has 0 aliphatic carbocycles. The number of aryl methyl sites for hydroxylation is 2. The van der Waals surface area contributed by atoms with Crippen molar-refractivity contribution in [2.24, 2.45) is 11.8 Å². The standard InChI is InChI=1S/C20H31N.C2H6/c1-7-8-20(19-10-9-15(3)16(4)11-19)17(5)18(6)21-12-14(2)13-21;1-2/h9-11,14,17,20H,6-8,12-13H2,1-5H3;1-2H3. The molecule has 1 aliphatic heterocycles. The highest BCUT2D eigenvalue weighted by atomic mass is 15.2. The third kappa shape index (κ3) is 4.86. The molecule has 1 aromatic rings. The molecule has 1 aliphatic rings. The Morgan fingerprint density at radius 1 is 1.22 bits per heavy atom. The maximum Gasteiger partial charge on any atom is 0.0217 e. The van der Waals surface area contributed by atoms with E-state index in [1.54, 1.807) is 0 Å². The van der Waals surface area contributed by atoms with Crippen molar-refractivity contribution in [2.45, 2.75) is 67.2 Å². The molecule has 2 rings (SSSR count). The molecule has 1 nitrogen and oxygen atoms in total. The number of allylic oxidation sites excluding steroid dienone is 1. The summed E-state index contributed by atoms with van der Waals surface area (Å²) in [5.74, 6) is 1.96. The SMILES string of the molecule is C=C(C(C)C(CCC)c1ccc(C)c(C)c1)N1CC(C)C1.CC. The maximum absolute atomic E-state index is 4.41. The molecule has 2 unspecified atom stereocenters. The van der Waals surface area contributed by atoms with Crippen molar-refractivity contribution in [3.8, 4) is 0 Å². The lowest BCUT2D eigenvalue weighted by Crippen LogP contribution is -2.45. The Morgan fingerprint density at radius 2 is 1.83 bits per heavy atom. The van der Waals surface area contributed by atoms with Gasteiger partial charge in [0.25, 0.3) is 0 Å². The first-order chi connectivity index (χ1) is 10.9. The minimum Gasteiger partial charge on any atom is -0.374 e. The van der Waals surface area contributed by atoms with Crippen LogP contribution in [0.3, 0.4) is 0 Å². The average Bonchev–Trinajstić information content (AvgIpc) is 2.53. The Balaban J connectivity index is 0.00000127. The Morgan fingerprint density at radius 3 is 2.30 bits per heavy atom. The predicted molar refractivity (Wildman–Crippen MR) is 104 cm³/mol. The van der Waals surface area contributed by atoms with Gasteiger partial charge >= 0.3 is 0 Å². The van der Waals surface area contributed by atoms with E-state index in [2.05, 4.69) is 64.3 Å². The fraction of sp³-hybridized carbons (Fsp3) is 0.636. The summed E-state index contributed by atoms with van der Waals surface area (Å²) in [7, 11) is 0. The first kappa shape index (κ1) is 19.8. The second kappa shape index (κ2) is 9.15. The van der Waals surface area contributed by atoms with Gasteiger partial charge in [-0.3, -0.25) is 0 Å². The van der Waals surface area contributed by atoms with Crippen molar-refractivity contribution in [1.82, 2.24) is 4.90 Å².